The number of rotatable bonds is 4. The Labute approximate surface area is 193 Å². The zero-order valence-electron chi connectivity index (χ0n) is 17.0. The molecule has 8 nitrogen and oxygen atoms in total. The van der Waals surface area contributed by atoms with Crippen molar-refractivity contribution in [1.29, 1.82) is 0 Å². The van der Waals surface area contributed by atoms with Gasteiger partial charge in [0, 0.05) is 42.4 Å². The molecule has 3 aromatic rings. The van der Waals surface area contributed by atoms with Gasteiger partial charge in [0.15, 0.2) is 0 Å². The van der Waals surface area contributed by atoms with Crippen LogP contribution in [0.2, 0.25) is 5.02 Å². The summed E-state index contributed by atoms with van der Waals surface area (Å²) in [5, 5.41) is 12.9. The lowest BCUT2D eigenvalue weighted by molar-refractivity contribution is 0.0815. The smallest absolute Gasteiger partial charge is 0.146 e. The molecule has 0 radical (unpaired) electrons. The Bertz CT molecular complexity index is 1180. The molecule has 31 heavy (non-hydrogen) atoms. The molecule has 1 atom stereocenters. The SMILES string of the molecule is C=C1c2c(Cl)cccc2N=C([C@H](C)Nc2ncnc3[nH]cc(Br)c23)N1N1CCNCC1. The van der Waals surface area contributed by atoms with Gasteiger partial charge in [0.25, 0.3) is 0 Å². The number of aromatic amines is 1. The van der Waals surface area contributed by atoms with Crippen LogP contribution in [0.4, 0.5) is 11.5 Å². The van der Waals surface area contributed by atoms with E-state index < -0.39 is 0 Å². The van der Waals surface area contributed by atoms with E-state index in [0.717, 1.165) is 70.3 Å². The number of nitrogens with one attached hydrogen (secondary N) is 3. The predicted octanol–water partition coefficient (Wildman–Crippen LogP) is 4.01. The fraction of sp³-hybridized carbons (Fsp3) is 0.286. The van der Waals surface area contributed by atoms with E-state index in [1.165, 1.54) is 0 Å². The topological polar surface area (TPSA) is 84.5 Å². The molecule has 10 heteroatoms. The van der Waals surface area contributed by atoms with Gasteiger partial charge in [-0.1, -0.05) is 24.2 Å². The summed E-state index contributed by atoms with van der Waals surface area (Å²) in [7, 11) is 0. The van der Waals surface area contributed by atoms with Crippen molar-refractivity contribution in [2.45, 2.75) is 13.0 Å². The second kappa shape index (κ2) is 8.23. The van der Waals surface area contributed by atoms with E-state index in [1.54, 1.807) is 6.33 Å². The molecule has 2 aromatic heterocycles. The molecule has 160 valence electrons. The summed E-state index contributed by atoms with van der Waals surface area (Å²) in [5.41, 5.74) is 3.29. The van der Waals surface area contributed by atoms with Crippen molar-refractivity contribution in [3.05, 3.63) is 52.4 Å². The maximum absolute atomic E-state index is 6.54. The highest BCUT2D eigenvalue weighted by molar-refractivity contribution is 9.10. The number of nitrogens with zero attached hydrogens (tertiary/aromatic N) is 5. The first-order chi connectivity index (χ1) is 15.0. The van der Waals surface area contributed by atoms with E-state index in [4.69, 9.17) is 16.6 Å². The Balaban J connectivity index is 1.56. The average molecular weight is 502 g/mol. The maximum atomic E-state index is 6.54. The summed E-state index contributed by atoms with van der Waals surface area (Å²) >= 11 is 10.1. The zero-order chi connectivity index (χ0) is 21.5. The first kappa shape index (κ1) is 20.4. The number of hydrogen-bond donors (Lipinski definition) is 3. The largest absolute Gasteiger partial charge is 0.360 e. The van der Waals surface area contributed by atoms with Crippen LogP contribution < -0.4 is 10.6 Å². The highest BCUT2D eigenvalue weighted by Gasteiger charge is 2.33. The monoisotopic (exact) mass is 500 g/mol. The van der Waals surface area contributed by atoms with Crippen LogP contribution in [0.1, 0.15) is 12.5 Å². The molecule has 1 saturated heterocycles. The van der Waals surface area contributed by atoms with Crippen molar-refractivity contribution in [1.82, 2.24) is 30.3 Å². The van der Waals surface area contributed by atoms with Crippen LogP contribution in [0, 0.1) is 0 Å². The van der Waals surface area contributed by atoms with Gasteiger partial charge in [-0.25, -0.2) is 20.0 Å². The number of H-pyrrole nitrogens is 1. The first-order valence-electron chi connectivity index (χ1n) is 10.1. The molecule has 1 aromatic carbocycles. The standard InChI is InChI=1S/C21H22BrClN8/c1-12(28-20-18-14(22)10-25-19(18)26-11-27-20)21-29-16-5-3-4-15(23)17(16)13(2)31(21)30-8-6-24-7-9-30/h3-5,10-12,24H,2,6-9H2,1H3,(H2,25,26,27,28)/t12-/m0/s1. The summed E-state index contributed by atoms with van der Waals surface area (Å²) in [6.45, 7) is 9.98. The average Bonchev–Trinajstić information content (AvgIpc) is 3.16. The number of amidine groups is 1. The second-order valence-electron chi connectivity index (χ2n) is 7.51. The van der Waals surface area contributed by atoms with Crippen LogP contribution >= 0.6 is 27.5 Å². The van der Waals surface area contributed by atoms with Crippen molar-refractivity contribution in [2.24, 2.45) is 4.99 Å². The molecule has 0 bridgehead atoms. The molecule has 2 aliphatic heterocycles. The van der Waals surface area contributed by atoms with Gasteiger partial charge in [-0.3, -0.25) is 5.01 Å². The van der Waals surface area contributed by atoms with E-state index in [0.29, 0.717) is 5.02 Å². The molecule has 0 unspecified atom stereocenters. The van der Waals surface area contributed by atoms with Gasteiger partial charge >= 0.3 is 0 Å². The number of halogens is 2. The molecule has 0 saturated carbocycles. The second-order valence-corrected chi connectivity index (χ2v) is 8.78. The third-order valence-electron chi connectivity index (χ3n) is 5.53. The lowest BCUT2D eigenvalue weighted by atomic mass is 10.1. The number of fused-ring (bicyclic) bond motifs is 2. The van der Waals surface area contributed by atoms with Crippen LogP contribution in [0.5, 0.6) is 0 Å². The van der Waals surface area contributed by atoms with Crippen molar-refractivity contribution < 1.29 is 0 Å². The Hall–Kier alpha value is -2.46. The number of hydrazine groups is 1. The van der Waals surface area contributed by atoms with Gasteiger partial charge in [0.2, 0.25) is 0 Å². The van der Waals surface area contributed by atoms with Gasteiger partial charge < -0.3 is 15.6 Å². The van der Waals surface area contributed by atoms with E-state index in [1.807, 2.05) is 24.4 Å². The highest BCUT2D eigenvalue weighted by atomic mass is 79.9. The molecule has 1 fully saturated rings. The molecule has 2 aliphatic rings. The number of piperazine rings is 1. The lowest BCUT2D eigenvalue weighted by Gasteiger charge is -2.44. The summed E-state index contributed by atoms with van der Waals surface area (Å²) in [5.74, 6) is 1.58. The number of aliphatic imine (C=N–C) groups is 1. The minimum Gasteiger partial charge on any atom is -0.360 e. The van der Waals surface area contributed by atoms with Crippen molar-refractivity contribution in [3.8, 4) is 0 Å². The molecule has 0 spiro atoms. The molecule has 0 aliphatic carbocycles. The normalized spacial score (nSPS) is 18.1. The number of anilines is 1. The van der Waals surface area contributed by atoms with Crippen LogP contribution in [-0.4, -0.2) is 63.0 Å². The predicted molar refractivity (Wildman–Crippen MR) is 129 cm³/mol. The van der Waals surface area contributed by atoms with Crippen LogP contribution in [0.25, 0.3) is 16.7 Å². The maximum Gasteiger partial charge on any atom is 0.146 e. The highest BCUT2D eigenvalue weighted by Crippen LogP contribution is 2.39. The van der Waals surface area contributed by atoms with Crippen LogP contribution in [0.15, 0.2) is 46.8 Å². The summed E-state index contributed by atoms with van der Waals surface area (Å²) < 4.78 is 0.906. The van der Waals surface area contributed by atoms with E-state index in [2.05, 4.69) is 65.0 Å². The third kappa shape index (κ3) is 3.61. The van der Waals surface area contributed by atoms with Gasteiger partial charge in [-0.2, -0.15) is 0 Å². The van der Waals surface area contributed by atoms with Crippen LogP contribution in [-0.2, 0) is 0 Å². The fourth-order valence-electron chi connectivity index (χ4n) is 4.06. The number of hydrogen-bond acceptors (Lipinski definition) is 7. The van der Waals surface area contributed by atoms with Gasteiger partial charge in [0.1, 0.15) is 23.6 Å². The summed E-state index contributed by atoms with van der Waals surface area (Å²) in [4.78, 5) is 16.9. The van der Waals surface area contributed by atoms with Gasteiger partial charge in [0.05, 0.1) is 27.8 Å². The van der Waals surface area contributed by atoms with E-state index in [-0.39, 0.29) is 6.04 Å². The Morgan fingerprint density at radius 3 is 2.87 bits per heavy atom. The minimum absolute atomic E-state index is 0.154. The molecular formula is C21H22BrClN8. The molecule has 3 N–H and O–H groups in total. The molecule has 5 rings (SSSR count). The van der Waals surface area contributed by atoms with Crippen molar-refractivity contribution >= 4 is 61.6 Å². The summed E-state index contributed by atoms with van der Waals surface area (Å²) in [6, 6.07) is 5.61. The fourth-order valence-corrected chi connectivity index (χ4v) is 4.83. The van der Waals surface area contributed by atoms with E-state index in [9.17, 15) is 0 Å². The van der Waals surface area contributed by atoms with E-state index >= 15 is 0 Å². The Morgan fingerprint density at radius 1 is 1.26 bits per heavy atom. The van der Waals surface area contributed by atoms with Gasteiger partial charge in [-0.05, 0) is 35.0 Å². The Kier molecular flexibility index (Phi) is 5.43. The lowest BCUT2D eigenvalue weighted by Crippen LogP contribution is -2.56. The van der Waals surface area contributed by atoms with Crippen LogP contribution in [0.3, 0.4) is 0 Å². The van der Waals surface area contributed by atoms with Crippen molar-refractivity contribution in [2.75, 3.05) is 31.5 Å². The first-order valence-corrected chi connectivity index (χ1v) is 11.3. The van der Waals surface area contributed by atoms with Gasteiger partial charge in [-0.15, -0.1) is 0 Å². The Morgan fingerprint density at radius 2 is 2.06 bits per heavy atom. The summed E-state index contributed by atoms with van der Waals surface area (Å²) in [6.07, 6.45) is 3.41. The third-order valence-corrected chi connectivity index (χ3v) is 6.47. The molecular weight excluding hydrogens is 480 g/mol. The number of aromatic nitrogens is 3. The van der Waals surface area contributed by atoms with Crippen molar-refractivity contribution in [3.63, 3.8) is 0 Å². The number of benzene rings is 1. The zero-order valence-corrected chi connectivity index (χ0v) is 19.3. The quantitative estimate of drug-likeness (QED) is 0.501. The molecule has 4 heterocycles. The molecule has 0 amide bonds. The minimum atomic E-state index is -0.154.